The molecule has 0 bridgehead atoms. The largest absolute Gasteiger partial charge is 0.294 e. The summed E-state index contributed by atoms with van der Waals surface area (Å²) in [6.07, 6.45) is 8.54. The molecule has 1 nitrogen and oxygen atoms in total. The van der Waals surface area contributed by atoms with E-state index in [-0.39, 0.29) is 0 Å². The van der Waals surface area contributed by atoms with E-state index in [2.05, 4.69) is 15.9 Å². The van der Waals surface area contributed by atoms with E-state index in [1.807, 2.05) is 25.1 Å². The molecule has 0 aliphatic heterocycles. The fraction of sp³-hybridized carbons (Fsp3) is 0.562. The van der Waals surface area contributed by atoms with E-state index < -0.39 is 0 Å². The lowest BCUT2D eigenvalue weighted by molar-refractivity contribution is 0.0970. The van der Waals surface area contributed by atoms with Crippen LogP contribution in [-0.2, 0) is 0 Å². The van der Waals surface area contributed by atoms with Gasteiger partial charge in [0.25, 0.3) is 0 Å². The van der Waals surface area contributed by atoms with Crippen molar-refractivity contribution in [1.29, 1.82) is 0 Å². The van der Waals surface area contributed by atoms with Crippen molar-refractivity contribution in [3.63, 3.8) is 0 Å². The highest BCUT2D eigenvalue weighted by Crippen LogP contribution is 2.28. The van der Waals surface area contributed by atoms with Gasteiger partial charge in [-0.25, -0.2) is 0 Å². The molecule has 1 aliphatic rings. The molecule has 1 saturated carbocycles. The van der Waals surface area contributed by atoms with Gasteiger partial charge < -0.3 is 0 Å². The van der Waals surface area contributed by atoms with Crippen LogP contribution in [-0.4, -0.2) is 5.78 Å². The van der Waals surface area contributed by atoms with Crippen LogP contribution >= 0.6 is 15.9 Å². The van der Waals surface area contributed by atoms with Gasteiger partial charge in [-0.2, -0.15) is 0 Å². The molecule has 0 saturated heterocycles. The number of hydrogen-bond donors (Lipinski definition) is 0. The number of aryl methyl sites for hydroxylation is 1. The van der Waals surface area contributed by atoms with Crippen LogP contribution in [0.4, 0.5) is 0 Å². The van der Waals surface area contributed by atoms with Crippen LogP contribution < -0.4 is 0 Å². The first kappa shape index (κ1) is 13.8. The average molecular weight is 309 g/mol. The Balaban J connectivity index is 1.88. The Morgan fingerprint density at radius 1 is 1.28 bits per heavy atom. The van der Waals surface area contributed by atoms with E-state index in [0.29, 0.717) is 12.2 Å². The quantitative estimate of drug-likeness (QED) is 0.690. The summed E-state index contributed by atoms with van der Waals surface area (Å²) in [5.41, 5.74) is 2.00. The van der Waals surface area contributed by atoms with E-state index in [0.717, 1.165) is 27.9 Å². The summed E-state index contributed by atoms with van der Waals surface area (Å²) in [6, 6.07) is 5.90. The van der Waals surface area contributed by atoms with Crippen molar-refractivity contribution in [2.24, 2.45) is 5.92 Å². The molecule has 18 heavy (non-hydrogen) atoms. The van der Waals surface area contributed by atoms with Gasteiger partial charge in [-0.3, -0.25) is 4.79 Å². The van der Waals surface area contributed by atoms with Gasteiger partial charge in [-0.1, -0.05) is 54.1 Å². The molecule has 0 amide bonds. The third kappa shape index (κ3) is 3.68. The Morgan fingerprint density at radius 3 is 2.67 bits per heavy atom. The summed E-state index contributed by atoms with van der Waals surface area (Å²) < 4.78 is 1.08. The lowest BCUT2D eigenvalue weighted by Crippen LogP contribution is -2.09. The molecule has 0 radical (unpaired) electrons. The SMILES string of the molecule is Cc1cc(C(=O)CCC2CCCCC2)ccc1Br. The lowest BCUT2D eigenvalue weighted by atomic mass is 9.85. The molecule has 1 aliphatic carbocycles. The normalized spacial score (nSPS) is 16.8. The molecule has 0 N–H and O–H groups in total. The summed E-state index contributed by atoms with van der Waals surface area (Å²) in [4.78, 5) is 12.1. The van der Waals surface area contributed by atoms with Gasteiger partial charge in [0.1, 0.15) is 0 Å². The van der Waals surface area contributed by atoms with E-state index in [1.165, 1.54) is 32.1 Å². The van der Waals surface area contributed by atoms with Crippen molar-refractivity contribution >= 4 is 21.7 Å². The van der Waals surface area contributed by atoms with Crippen molar-refractivity contribution < 1.29 is 4.79 Å². The number of Topliss-reactive ketones (excluding diaryl/α,β-unsaturated/α-hetero) is 1. The zero-order valence-electron chi connectivity index (χ0n) is 11.0. The van der Waals surface area contributed by atoms with Crippen LogP contribution in [0.15, 0.2) is 22.7 Å². The maximum absolute atomic E-state index is 12.1. The molecular weight excluding hydrogens is 288 g/mol. The smallest absolute Gasteiger partial charge is 0.162 e. The zero-order chi connectivity index (χ0) is 13.0. The Labute approximate surface area is 118 Å². The topological polar surface area (TPSA) is 17.1 Å². The van der Waals surface area contributed by atoms with Gasteiger partial charge >= 0.3 is 0 Å². The summed E-state index contributed by atoms with van der Waals surface area (Å²) in [6.45, 7) is 2.03. The number of hydrogen-bond acceptors (Lipinski definition) is 1. The molecule has 0 unspecified atom stereocenters. The van der Waals surface area contributed by atoms with Crippen molar-refractivity contribution in [1.82, 2.24) is 0 Å². The van der Waals surface area contributed by atoms with Crippen LogP contribution in [0.3, 0.4) is 0 Å². The summed E-state index contributed by atoms with van der Waals surface area (Å²) in [5, 5.41) is 0. The van der Waals surface area contributed by atoms with Gasteiger partial charge in [0.05, 0.1) is 0 Å². The van der Waals surface area contributed by atoms with Crippen molar-refractivity contribution in [3.8, 4) is 0 Å². The maximum atomic E-state index is 12.1. The molecule has 1 aromatic rings. The molecule has 2 rings (SSSR count). The van der Waals surface area contributed by atoms with Crippen LogP contribution in [0, 0.1) is 12.8 Å². The molecule has 98 valence electrons. The van der Waals surface area contributed by atoms with Crippen LogP contribution in [0.5, 0.6) is 0 Å². The van der Waals surface area contributed by atoms with Crippen LogP contribution in [0.2, 0.25) is 0 Å². The van der Waals surface area contributed by atoms with Crippen molar-refractivity contribution in [2.45, 2.75) is 51.9 Å². The first-order valence-electron chi connectivity index (χ1n) is 6.96. The average Bonchev–Trinajstić information content (AvgIpc) is 2.40. The highest BCUT2D eigenvalue weighted by molar-refractivity contribution is 9.10. The summed E-state index contributed by atoms with van der Waals surface area (Å²) in [5.74, 6) is 1.09. The molecule has 0 spiro atoms. The molecule has 2 heteroatoms. The van der Waals surface area contributed by atoms with Gasteiger partial charge in [-0.15, -0.1) is 0 Å². The van der Waals surface area contributed by atoms with E-state index in [4.69, 9.17) is 0 Å². The highest BCUT2D eigenvalue weighted by Gasteiger charge is 2.15. The molecule has 0 aromatic heterocycles. The van der Waals surface area contributed by atoms with Gasteiger partial charge in [-0.05, 0) is 37.0 Å². The first-order chi connectivity index (χ1) is 8.66. The Kier molecular flexibility index (Phi) is 4.99. The maximum Gasteiger partial charge on any atom is 0.162 e. The summed E-state index contributed by atoms with van der Waals surface area (Å²) >= 11 is 3.47. The minimum absolute atomic E-state index is 0.302. The first-order valence-corrected chi connectivity index (χ1v) is 7.75. The van der Waals surface area contributed by atoms with E-state index in [9.17, 15) is 4.79 Å². The number of carbonyl (C=O) groups excluding carboxylic acids is 1. The number of halogens is 1. The standard InChI is InChI=1S/C16H21BrO/c1-12-11-14(8-9-15(12)17)16(18)10-7-13-5-3-2-4-6-13/h8-9,11,13H,2-7,10H2,1H3. The van der Waals surface area contributed by atoms with Crippen LogP contribution in [0.25, 0.3) is 0 Å². The Morgan fingerprint density at radius 2 is 2.00 bits per heavy atom. The second kappa shape index (κ2) is 6.51. The molecule has 0 atom stereocenters. The van der Waals surface area contributed by atoms with Crippen molar-refractivity contribution in [3.05, 3.63) is 33.8 Å². The van der Waals surface area contributed by atoms with Gasteiger partial charge in [0.15, 0.2) is 5.78 Å². The molecule has 1 fully saturated rings. The zero-order valence-corrected chi connectivity index (χ0v) is 12.6. The minimum Gasteiger partial charge on any atom is -0.294 e. The predicted octanol–water partition coefficient (Wildman–Crippen LogP) is 5.30. The minimum atomic E-state index is 0.302. The third-order valence-corrected chi connectivity index (χ3v) is 4.87. The molecule has 1 aromatic carbocycles. The number of ketones is 1. The fourth-order valence-corrected chi connectivity index (χ4v) is 3.02. The number of rotatable bonds is 4. The second-order valence-electron chi connectivity index (χ2n) is 5.43. The Bertz CT molecular complexity index is 419. The molecular formula is C16H21BrO. The molecule has 0 heterocycles. The number of benzene rings is 1. The highest BCUT2D eigenvalue weighted by atomic mass is 79.9. The predicted molar refractivity (Wildman–Crippen MR) is 79.0 cm³/mol. The van der Waals surface area contributed by atoms with Gasteiger partial charge in [0.2, 0.25) is 0 Å². The van der Waals surface area contributed by atoms with E-state index in [1.54, 1.807) is 0 Å². The second-order valence-corrected chi connectivity index (χ2v) is 6.28. The van der Waals surface area contributed by atoms with E-state index >= 15 is 0 Å². The Hall–Kier alpha value is -0.630. The van der Waals surface area contributed by atoms with Crippen molar-refractivity contribution in [2.75, 3.05) is 0 Å². The monoisotopic (exact) mass is 308 g/mol. The fourth-order valence-electron chi connectivity index (χ4n) is 2.77. The van der Waals surface area contributed by atoms with Gasteiger partial charge in [0, 0.05) is 16.5 Å². The lowest BCUT2D eigenvalue weighted by Gasteiger charge is -2.20. The number of carbonyl (C=O) groups is 1. The third-order valence-electron chi connectivity index (χ3n) is 3.98. The van der Waals surface area contributed by atoms with Crippen LogP contribution in [0.1, 0.15) is 60.9 Å². The summed E-state index contributed by atoms with van der Waals surface area (Å²) in [7, 11) is 0.